The molecule has 66 valence electrons. The third kappa shape index (κ3) is 2.10. The van der Waals surface area contributed by atoms with E-state index in [0.717, 1.165) is 5.69 Å². The molecule has 4 nitrogen and oxygen atoms in total. The van der Waals surface area contributed by atoms with Crippen LogP contribution in [0.5, 0.6) is 0 Å². The SMILES string of the molecule is CC(C)(N)C(=O)Nc1cc[nH]c1. The maximum atomic E-state index is 11.3. The summed E-state index contributed by atoms with van der Waals surface area (Å²) >= 11 is 0. The molecule has 0 unspecified atom stereocenters. The van der Waals surface area contributed by atoms with Crippen molar-refractivity contribution in [2.45, 2.75) is 19.4 Å². The molecule has 0 radical (unpaired) electrons. The summed E-state index contributed by atoms with van der Waals surface area (Å²) in [7, 11) is 0. The Bertz CT molecular complexity index is 258. The van der Waals surface area contributed by atoms with Crippen molar-refractivity contribution in [3.8, 4) is 0 Å². The standard InChI is InChI=1S/C8H13N3O/c1-8(2,9)7(12)11-6-3-4-10-5-6/h3-5,10H,9H2,1-2H3,(H,11,12). The summed E-state index contributed by atoms with van der Waals surface area (Å²) in [4.78, 5) is 14.1. The molecule has 0 fully saturated rings. The first-order valence-corrected chi connectivity index (χ1v) is 3.73. The van der Waals surface area contributed by atoms with Crippen LogP contribution in [0.2, 0.25) is 0 Å². The summed E-state index contributed by atoms with van der Waals surface area (Å²) in [6.45, 7) is 3.32. The van der Waals surface area contributed by atoms with Gasteiger partial charge in [0.15, 0.2) is 0 Å². The molecule has 4 N–H and O–H groups in total. The van der Waals surface area contributed by atoms with Gasteiger partial charge in [0, 0.05) is 12.4 Å². The lowest BCUT2D eigenvalue weighted by Gasteiger charge is -2.16. The predicted molar refractivity (Wildman–Crippen MR) is 47.7 cm³/mol. The second-order valence-corrected chi connectivity index (χ2v) is 3.28. The Morgan fingerprint density at radius 3 is 2.75 bits per heavy atom. The quantitative estimate of drug-likeness (QED) is 0.606. The summed E-state index contributed by atoms with van der Waals surface area (Å²) in [5.41, 5.74) is 5.47. The van der Waals surface area contributed by atoms with Crippen molar-refractivity contribution in [2.75, 3.05) is 5.32 Å². The molecular formula is C8H13N3O. The van der Waals surface area contributed by atoms with E-state index in [1.807, 2.05) is 0 Å². The maximum absolute atomic E-state index is 11.3. The first-order valence-electron chi connectivity index (χ1n) is 3.73. The summed E-state index contributed by atoms with van der Waals surface area (Å²) in [5.74, 6) is -0.192. The van der Waals surface area contributed by atoms with Crippen molar-refractivity contribution in [3.63, 3.8) is 0 Å². The summed E-state index contributed by atoms with van der Waals surface area (Å²) in [6, 6.07) is 1.77. The molecule has 1 aromatic rings. The van der Waals surface area contributed by atoms with Gasteiger partial charge >= 0.3 is 0 Å². The van der Waals surface area contributed by atoms with Crippen LogP contribution in [0.25, 0.3) is 0 Å². The van der Waals surface area contributed by atoms with E-state index in [-0.39, 0.29) is 5.91 Å². The molecule has 0 aliphatic carbocycles. The van der Waals surface area contributed by atoms with Gasteiger partial charge in [0.2, 0.25) is 5.91 Å². The van der Waals surface area contributed by atoms with Crippen molar-refractivity contribution in [3.05, 3.63) is 18.5 Å². The highest BCUT2D eigenvalue weighted by atomic mass is 16.2. The minimum absolute atomic E-state index is 0.192. The highest BCUT2D eigenvalue weighted by molar-refractivity contribution is 5.97. The van der Waals surface area contributed by atoms with E-state index in [0.29, 0.717) is 0 Å². The monoisotopic (exact) mass is 167 g/mol. The number of carbonyl (C=O) groups is 1. The topological polar surface area (TPSA) is 70.9 Å². The molecule has 1 aromatic heterocycles. The Kier molecular flexibility index (Phi) is 2.19. The Morgan fingerprint density at radius 1 is 1.67 bits per heavy atom. The van der Waals surface area contributed by atoms with Gasteiger partial charge in [-0.05, 0) is 19.9 Å². The number of rotatable bonds is 2. The third-order valence-corrected chi connectivity index (χ3v) is 1.44. The van der Waals surface area contributed by atoms with Gasteiger partial charge in [-0.15, -0.1) is 0 Å². The fourth-order valence-electron chi connectivity index (χ4n) is 0.694. The van der Waals surface area contributed by atoms with Gasteiger partial charge in [0.05, 0.1) is 11.2 Å². The number of H-pyrrole nitrogens is 1. The molecule has 0 aliphatic heterocycles. The fraction of sp³-hybridized carbons (Fsp3) is 0.375. The van der Waals surface area contributed by atoms with Gasteiger partial charge in [-0.25, -0.2) is 0 Å². The van der Waals surface area contributed by atoms with E-state index in [9.17, 15) is 4.79 Å². The molecule has 0 aromatic carbocycles. The number of hydrogen-bond donors (Lipinski definition) is 3. The van der Waals surface area contributed by atoms with Crippen LogP contribution in [0.4, 0.5) is 5.69 Å². The van der Waals surface area contributed by atoms with Crippen LogP contribution in [0.1, 0.15) is 13.8 Å². The molecule has 0 saturated heterocycles. The molecule has 0 bridgehead atoms. The van der Waals surface area contributed by atoms with Crippen molar-refractivity contribution in [1.29, 1.82) is 0 Å². The molecule has 1 heterocycles. The zero-order valence-corrected chi connectivity index (χ0v) is 7.22. The van der Waals surface area contributed by atoms with Gasteiger partial charge in [0.1, 0.15) is 0 Å². The molecule has 12 heavy (non-hydrogen) atoms. The average Bonchev–Trinajstić information content (AvgIpc) is 2.37. The second-order valence-electron chi connectivity index (χ2n) is 3.28. The Morgan fingerprint density at radius 2 is 2.33 bits per heavy atom. The molecule has 0 spiro atoms. The first-order chi connectivity index (χ1) is 5.50. The molecule has 0 atom stereocenters. The van der Waals surface area contributed by atoms with Gasteiger partial charge in [-0.2, -0.15) is 0 Å². The largest absolute Gasteiger partial charge is 0.366 e. The van der Waals surface area contributed by atoms with E-state index in [1.54, 1.807) is 32.3 Å². The van der Waals surface area contributed by atoms with E-state index in [4.69, 9.17) is 5.73 Å². The fourth-order valence-corrected chi connectivity index (χ4v) is 0.694. The average molecular weight is 167 g/mol. The van der Waals surface area contributed by atoms with Crippen LogP contribution >= 0.6 is 0 Å². The Hall–Kier alpha value is -1.29. The molecular weight excluding hydrogens is 154 g/mol. The minimum atomic E-state index is -0.836. The third-order valence-electron chi connectivity index (χ3n) is 1.44. The zero-order chi connectivity index (χ0) is 9.19. The van der Waals surface area contributed by atoms with Crippen LogP contribution in [0.15, 0.2) is 18.5 Å². The summed E-state index contributed by atoms with van der Waals surface area (Å²) < 4.78 is 0. The maximum Gasteiger partial charge on any atom is 0.243 e. The highest BCUT2D eigenvalue weighted by Gasteiger charge is 2.21. The van der Waals surface area contributed by atoms with Crippen molar-refractivity contribution in [2.24, 2.45) is 5.73 Å². The molecule has 1 rings (SSSR count). The summed E-state index contributed by atoms with van der Waals surface area (Å²) in [5, 5.41) is 2.67. The number of hydrogen-bond acceptors (Lipinski definition) is 2. The lowest BCUT2D eigenvalue weighted by atomic mass is 10.1. The Labute approximate surface area is 71.2 Å². The lowest BCUT2D eigenvalue weighted by molar-refractivity contribution is -0.120. The van der Waals surface area contributed by atoms with Gasteiger partial charge in [-0.1, -0.05) is 0 Å². The smallest absolute Gasteiger partial charge is 0.243 e. The van der Waals surface area contributed by atoms with Crippen LogP contribution in [-0.2, 0) is 4.79 Å². The first kappa shape index (κ1) is 8.80. The Balaban J connectivity index is 2.60. The molecule has 0 aliphatic rings. The van der Waals surface area contributed by atoms with Gasteiger partial charge in [0.25, 0.3) is 0 Å². The minimum Gasteiger partial charge on any atom is -0.366 e. The van der Waals surface area contributed by atoms with Crippen LogP contribution in [0, 0.1) is 0 Å². The van der Waals surface area contributed by atoms with Gasteiger partial charge in [-0.3, -0.25) is 4.79 Å². The predicted octanol–water partition coefficient (Wildman–Crippen LogP) is 0.690. The molecule has 4 heteroatoms. The van der Waals surface area contributed by atoms with Gasteiger partial charge < -0.3 is 16.0 Å². The van der Waals surface area contributed by atoms with Crippen LogP contribution < -0.4 is 11.1 Å². The zero-order valence-electron chi connectivity index (χ0n) is 7.22. The van der Waals surface area contributed by atoms with Crippen LogP contribution in [0.3, 0.4) is 0 Å². The van der Waals surface area contributed by atoms with E-state index >= 15 is 0 Å². The number of carbonyl (C=O) groups excluding carboxylic acids is 1. The van der Waals surface area contributed by atoms with Crippen LogP contribution in [-0.4, -0.2) is 16.4 Å². The molecule has 0 saturated carbocycles. The van der Waals surface area contributed by atoms with Crippen molar-refractivity contribution in [1.82, 2.24) is 4.98 Å². The van der Waals surface area contributed by atoms with Crippen molar-refractivity contribution < 1.29 is 4.79 Å². The number of aromatic nitrogens is 1. The normalized spacial score (nSPS) is 11.2. The number of amides is 1. The lowest BCUT2D eigenvalue weighted by Crippen LogP contribution is -2.45. The van der Waals surface area contributed by atoms with E-state index in [1.165, 1.54) is 0 Å². The number of nitrogens with two attached hydrogens (primary N) is 1. The summed E-state index contributed by atoms with van der Waals surface area (Å²) in [6.07, 6.45) is 3.43. The highest BCUT2D eigenvalue weighted by Crippen LogP contribution is 2.07. The molecule has 1 amide bonds. The van der Waals surface area contributed by atoms with Crippen molar-refractivity contribution >= 4 is 11.6 Å². The van der Waals surface area contributed by atoms with E-state index < -0.39 is 5.54 Å². The second kappa shape index (κ2) is 2.98. The number of nitrogens with one attached hydrogen (secondary N) is 2. The number of aromatic amines is 1. The number of anilines is 1. The van der Waals surface area contributed by atoms with E-state index in [2.05, 4.69) is 10.3 Å².